The molecule has 0 rings (SSSR count). The van der Waals surface area contributed by atoms with E-state index < -0.39 is 12.0 Å². The first kappa shape index (κ1) is 13.5. The van der Waals surface area contributed by atoms with Gasteiger partial charge >= 0.3 is 5.97 Å². The average Bonchev–Trinajstić information content (AvgIpc) is 2.17. The van der Waals surface area contributed by atoms with Crippen molar-refractivity contribution in [2.75, 3.05) is 6.61 Å². The van der Waals surface area contributed by atoms with Crippen LogP contribution in [0.25, 0.3) is 0 Å². The number of hydrogen-bond donors (Lipinski definition) is 0. The number of carbonyl (C=O) groups excluding carboxylic acids is 2. The number of nitroso groups, excluding NO2 is 1. The molecule has 0 amide bonds. The van der Waals surface area contributed by atoms with Gasteiger partial charge in [0.15, 0.2) is 5.78 Å². The minimum atomic E-state index is -0.655. The van der Waals surface area contributed by atoms with Crippen LogP contribution in [0.4, 0.5) is 0 Å². The van der Waals surface area contributed by atoms with Crippen molar-refractivity contribution in [3.05, 3.63) is 17.1 Å². The van der Waals surface area contributed by atoms with E-state index in [0.717, 1.165) is 0 Å². The van der Waals surface area contributed by atoms with Gasteiger partial charge in [-0.05, 0) is 18.9 Å². The second kappa shape index (κ2) is 6.86. The van der Waals surface area contributed by atoms with Crippen molar-refractivity contribution < 1.29 is 14.3 Å². The van der Waals surface area contributed by atoms with E-state index in [-0.39, 0.29) is 25.2 Å². The summed E-state index contributed by atoms with van der Waals surface area (Å²) in [4.78, 5) is 31.9. The van der Waals surface area contributed by atoms with Crippen molar-refractivity contribution in [2.45, 2.75) is 32.7 Å². The molecule has 0 aromatic carbocycles. The second-order valence-corrected chi connectivity index (χ2v) is 3.30. The van der Waals surface area contributed by atoms with E-state index >= 15 is 0 Å². The summed E-state index contributed by atoms with van der Waals surface area (Å²) < 4.78 is 4.62. The molecule has 0 bridgehead atoms. The summed E-state index contributed by atoms with van der Waals surface area (Å²) in [5.41, 5.74) is 0.451. The summed E-state index contributed by atoms with van der Waals surface area (Å²) in [6.45, 7) is 6.28. The largest absolute Gasteiger partial charge is 0.463 e. The fraction of sp³-hybridized carbons (Fsp3) is 0.600. The highest BCUT2D eigenvalue weighted by Crippen LogP contribution is 2.06. The van der Waals surface area contributed by atoms with Crippen LogP contribution in [0.3, 0.4) is 0 Å². The molecule has 0 fully saturated rings. The van der Waals surface area contributed by atoms with Crippen LogP contribution in [0.5, 0.6) is 0 Å². The number of Topliss-reactive ketones (excluding diaryl/α,β-unsaturated/α-hetero) is 1. The zero-order valence-corrected chi connectivity index (χ0v) is 8.99. The van der Waals surface area contributed by atoms with Gasteiger partial charge in [0, 0.05) is 13.3 Å². The Hall–Kier alpha value is -1.52. The molecule has 5 nitrogen and oxygen atoms in total. The van der Waals surface area contributed by atoms with E-state index in [0.29, 0.717) is 5.57 Å². The molecule has 0 aromatic heterocycles. The molecule has 84 valence electrons. The van der Waals surface area contributed by atoms with E-state index in [4.69, 9.17) is 0 Å². The van der Waals surface area contributed by atoms with Crippen molar-refractivity contribution >= 4 is 11.8 Å². The third-order valence-electron chi connectivity index (χ3n) is 1.81. The Labute approximate surface area is 88.5 Å². The highest BCUT2D eigenvalue weighted by Gasteiger charge is 2.13. The van der Waals surface area contributed by atoms with Crippen LogP contribution >= 0.6 is 0 Å². The molecule has 0 aliphatic rings. The van der Waals surface area contributed by atoms with Gasteiger partial charge in [0.25, 0.3) is 0 Å². The number of ketones is 1. The molecule has 0 aliphatic heterocycles. The quantitative estimate of drug-likeness (QED) is 0.366. The van der Waals surface area contributed by atoms with E-state index in [1.807, 2.05) is 0 Å². The monoisotopic (exact) mass is 213 g/mol. The van der Waals surface area contributed by atoms with Gasteiger partial charge in [-0.25, -0.2) is 0 Å². The van der Waals surface area contributed by atoms with Crippen LogP contribution in [0.2, 0.25) is 0 Å². The molecule has 0 heterocycles. The van der Waals surface area contributed by atoms with Gasteiger partial charge in [-0.3, -0.25) is 9.59 Å². The van der Waals surface area contributed by atoms with Gasteiger partial charge in [0.05, 0.1) is 0 Å². The van der Waals surface area contributed by atoms with Crippen LogP contribution < -0.4 is 0 Å². The van der Waals surface area contributed by atoms with Crippen LogP contribution in [-0.4, -0.2) is 24.4 Å². The Bertz CT molecular complexity index is 273. The number of hydrogen-bond acceptors (Lipinski definition) is 5. The molecule has 1 unspecified atom stereocenters. The standard InChI is InChI=1S/C10H15NO4/c1-7(2)10(13)5-4-9(11-14)6-15-8(3)12/h9H,1,4-6H2,2-3H3. The third kappa shape index (κ3) is 6.54. The van der Waals surface area contributed by atoms with Crippen molar-refractivity contribution in [2.24, 2.45) is 5.18 Å². The van der Waals surface area contributed by atoms with Crippen molar-refractivity contribution in [1.82, 2.24) is 0 Å². The first-order chi connectivity index (χ1) is 6.97. The number of allylic oxidation sites excluding steroid dienone is 1. The maximum atomic E-state index is 11.2. The van der Waals surface area contributed by atoms with Gasteiger partial charge in [-0.2, -0.15) is 4.91 Å². The molecular formula is C10H15NO4. The lowest BCUT2D eigenvalue weighted by Crippen LogP contribution is -2.16. The van der Waals surface area contributed by atoms with Crippen LogP contribution in [0.1, 0.15) is 26.7 Å². The Morgan fingerprint density at radius 3 is 2.40 bits per heavy atom. The first-order valence-corrected chi connectivity index (χ1v) is 4.62. The van der Waals surface area contributed by atoms with Crippen molar-refractivity contribution in [1.29, 1.82) is 0 Å². The molecule has 0 aromatic rings. The fourth-order valence-electron chi connectivity index (χ4n) is 0.891. The highest BCUT2D eigenvalue weighted by atomic mass is 16.5. The molecule has 0 aliphatic carbocycles. The number of nitrogens with zero attached hydrogens (tertiary/aromatic N) is 1. The van der Waals surface area contributed by atoms with Crippen molar-refractivity contribution in [3.8, 4) is 0 Å². The predicted molar refractivity (Wildman–Crippen MR) is 55.3 cm³/mol. The molecule has 5 heteroatoms. The molecular weight excluding hydrogens is 198 g/mol. The molecule has 1 atom stereocenters. The Morgan fingerprint density at radius 1 is 1.40 bits per heavy atom. The van der Waals surface area contributed by atoms with E-state index in [1.54, 1.807) is 6.92 Å². The Balaban J connectivity index is 3.90. The summed E-state index contributed by atoms with van der Waals surface area (Å²) in [7, 11) is 0. The van der Waals surface area contributed by atoms with Crippen LogP contribution in [0.15, 0.2) is 17.3 Å². The molecule has 0 spiro atoms. The minimum Gasteiger partial charge on any atom is -0.463 e. The van der Waals surface area contributed by atoms with E-state index in [9.17, 15) is 14.5 Å². The zero-order valence-electron chi connectivity index (χ0n) is 8.99. The lowest BCUT2D eigenvalue weighted by molar-refractivity contribution is -0.141. The SMILES string of the molecule is C=C(C)C(=O)CCC(COC(C)=O)N=O. The van der Waals surface area contributed by atoms with Gasteiger partial charge < -0.3 is 4.74 Å². The van der Waals surface area contributed by atoms with Gasteiger partial charge in [0.2, 0.25) is 0 Å². The summed E-state index contributed by atoms with van der Waals surface area (Å²) in [6, 6.07) is -0.655. The average molecular weight is 213 g/mol. The number of esters is 1. The lowest BCUT2D eigenvalue weighted by Gasteiger charge is -2.07. The summed E-state index contributed by atoms with van der Waals surface area (Å²) in [6.07, 6.45) is 0.482. The highest BCUT2D eigenvalue weighted by molar-refractivity contribution is 5.94. The molecule has 0 radical (unpaired) electrons. The van der Waals surface area contributed by atoms with Crippen LogP contribution in [-0.2, 0) is 14.3 Å². The smallest absolute Gasteiger partial charge is 0.302 e. The number of carbonyl (C=O) groups is 2. The molecule has 0 saturated heterocycles. The molecule has 15 heavy (non-hydrogen) atoms. The van der Waals surface area contributed by atoms with Crippen LogP contribution in [0, 0.1) is 4.91 Å². The van der Waals surface area contributed by atoms with Gasteiger partial charge in [-0.1, -0.05) is 11.8 Å². The van der Waals surface area contributed by atoms with Crippen molar-refractivity contribution in [3.63, 3.8) is 0 Å². The minimum absolute atomic E-state index is 0.0672. The summed E-state index contributed by atoms with van der Waals surface area (Å²) in [5.74, 6) is -0.568. The maximum absolute atomic E-state index is 11.2. The van der Waals surface area contributed by atoms with Gasteiger partial charge in [0.1, 0.15) is 12.6 Å². The fourth-order valence-corrected chi connectivity index (χ4v) is 0.891. The van der Waals surface area contributed by atoms with E-state index in [2.05, 4.69) is 16.5 Å². The first-order valence-electron chi connectivity index (χ1n) is 4.62. The Kier molecular flexibility index (Phi) is 6.17. The molecule has 0 saturated carbocycles. The zero-order chi connectivity index (χ0) is 11.8. The number of rotatable bonds is 7. The topological polar surface area (TPSA) is 72.8 Å². The normalized spacial score (nSPS) is 11.6. The predicted octanol–water partition coefficient (Wildman–Crippen LogP) is 1.61. The van der Waals surface area contributed by atoms with E-state index in [1.165, 1.54) is 6.92 Å². The summed E-state index contributed by atoms with van der Waals surface area (Å²) in [5, 5.41) is 2.78. The second-order valence-electron chi connectivity index (χ2n) is 3.30. The lowest BCUT2D eigenvalue weighted by atomic mass is 10.1. The summed E-state index contributed by atoms with van der Waals surface area (Å²) >= 11 is 0. The molecule has 0 N–H and O–H groups in total. The maximum Gasteiger partial charge on any atom is 0.302 e. The Morgan fingerprint density at radius 2 is 2.00 bits per heavy atom. The number of ether oxygens (including phenoxy) is 1. The third-order valence-corrected chi connectivity index (χ3v) is 1.81. The van der Waals surface area contributed by atoms with Gasteiger partial charge in [-0.15, -0.1) is 0 Å².